The van der Waals surface area contributed by atoms with Crippen LogP contribution in [0.15, 0.2) is 29.4 Å². The van der Waals surface area contributed by atoms with Gasteiger partial charge in [-0.2, -0.15) is 0 Å². The van der Waals surface area contributed by atoms with E-state index in [0.29, 0.717) is 25.7 Å². The maximum atomic E-state index is 13.0. The van der Waals surface area contributed by atoms with Crippen molar-refractivity contribution in [1.82, 2.24) is 19.7 Å². The predicted molar refractivity (Wildman–Crippen MR) is 111 cm³/mol. The van der Waals surface area contributed by atoms with Crippen LogP contribution >= 0.6 is 11.8 Å². The molecule has 7 nitrogen and oxygen atoms in total. The number of nitrogens with zero attached hydrogens (tertiary/aromatic N) is 5. The van der Waals surface area contributed by atoms with Gasteiger partial charge in [0.1, 0.15) is 5.82 Å². The van der Waals surface area contributed by atoms with Crippen LogP contribution in [0.25, 0.3) is 0 Å². The Labute approximate surface area is 175 Å². The number of rotatable bonds is 8. The van der Waals surface area contributed by atoms with Gasteiger partial charge in [-0.05, 0) is 23.6 Å². The number of hydrogen-bond acceptors (Lipinski definition) is 6. The molecule has 0 atom stereocenters. The van der Waals surface area contributed by atoms with Crippen LogP contribution in [-0.4, -0.2) is 64.7 Å². The van der Waals surface area contributed by atoms with Crippen molar-refractivity contribution in [2.24, 2.45) is 5.92 Å². The van der Waals surface area contributed by atoms with Crippen LogP contribution in [0.1, 0.15) is 19.4 Å². The summed E-state index contributed by atoms with van der Waals surface area (Å²) in [5.41, 5.74) is 0.893. The minimum Gasteiger partial charge on any atom is -0.378 e. The molecule has 2 aromatic rings. The van der Waals surface area contributed by atoms with Crippen molar-refractivity contribution < 1.29 is 13.9 Å². The first-order valence-electron chi connectivity index (χ1n) is 9.81. The Balaban J connectivity index is 1.63. The third kappa shape index (κ3) is 5.93. The fourth-order valence-corrected chi connectivity index (χ4v) is 3.98. The van der Waals surface area contributed by atoms with Crippen molar-refractivity contribution in [3.05, 3.63) is 35.6 Å². The summed E-state index contributed by atoms with van der Waals surface area (Å²) in [4.78, 5) is 16.4. The Morgan fingerprint density at radius 2 is 1.93 bits per heavy atom. The molecule has 1 amide bonds. The molecule has 1 saturated heterocycles. The van der Waals surface area contributed by atoms with E-state index in [0.717, 1.165) is 36.3 Å². The molecule has 9 heteroatoms. The Morgan fingerprint density at radius 3 is 2.59 bits per heavy atom. The van der Waals surface area contributed by atoms with Gasteiger partial charge in [0.25, 0.3) is 0 Å². The summed E-state index contributed by atoms with van der Waals surface area (Å²) >= 11 is 1.40. The van der Waals surface area contributed by atoms with Crippen LogP contribution in [0.3, 0.4) is 0 Å². The second kappa shape index (κ2) is 10.1. The van der Waals surface area contributed by atoms with E-state index in [9.17, 15) is 9.18 Å². The van der Waals surface area contributed by atoms with Crippen molar-refractivity contribution in [1.29, 1.82) is 0 Å². The number of aromatic nitrogens is 3. The first-order chi connectivity index (χ1) is 13.9. The van der Waals surface area contributed by atoms with E-state index >= 15 is 0 Å². The maximum absolute atomic E-state index is 13.0. The molecule has 1 aromatic heterocycles. The number of carbonyl (C=O) groups excluding carboxylic acids is 1. The van der Waals surface area contributed by atoms with E-state index in [-0.39, 0.29) is 17.5 Å². The zero-order chi connectivity index (χ0) is 20.8. The van der Waals surface area contributed by atoms with Crippen LogP contribution in [-0.2, 0) is 22.6 Å². The molecule has 3 rings (SSSR count). The Morgan fingerprint density at radius 1 is 1.24 bits per heavy atom. The van der Waals surface area contributed by atoms with E-state index in [2.05, 4.69) is 33.5 Å². The number of morpholine rings is 1. The van der Waals surface area contributed by atoms with Crippen LogP contribution < -0.4 is 4.90 Å². The Kier molecular flexibility index (Phi) is 7.49. The molecule has 0 spiro atoms. The lowest BCUT2D eigenvalue weighted by molar-refractivity contribution is -0.127. The molecular formula is C20H28FN5O2S. The molecule has 158 valence electrons. The van der Waals surface area contributed by atoms with E-state index in [1.165, 1.54) is 23.9 Å². The molecule has 0 aliphatic carbocycles. The molecule has 1 fully saturated rings. The zero-order valence-electron chi connectivity index (χ0n) is 17.2. The monoisotopic (exact) mass is 421 g/mol. The lowest BCUT2D eigenvalue weighted by atomic mass is 10.2. The fraction of sp³-hybridized carbons (Fsp3) is 0.550. The first kappa shape index (κ1) is 21.6. The molecule has 1 aromatic carbocycles. The molecule has 0 N–H and O–H groups in total. The van der Waals surface area contributed by atoms with Crippen LogP contribution in [0.5, 0.6) is 0 Å². The van der Waals surface area contributed by atoms with Gasteiger partial charge in [-0.25, -0.2) is 4.39 Å². The van der Waals surface area contributed by atoms with Crippen LogP contribution in [0.2, 0.25) is 0 Å². The van der Waals surface area contributed by atoms with E-state index in [1.807, 2.05) is 0 Å². The minimum absolute atomic E-state index is 0.00801. The van der Waals surface area contributed by atoms with Gasteiger partial charge in [0.15, 0.2) is 5.16 Å². The highest BCUT2D eigenvalue weighted by molar-refractivity contribution is 7.99. The number of hydrogen-bond donors (Lipinski definition) is 0. The van der Waals surface area contributed by atoms with Crippen molar-refractivity contribution in [2.45, 2.75) is 32.1 Å². The van der Waals surface area contributed by atoms with Gasteiger partial charge in [0.05, 0.1) is 19.0 Å². The van der Waals surface area contributed by atoms with Gasteiger partial charge >= 0.3 is 0 Å². The lowest BCUT2D eigenvalue weighted by Crippen LogP contribution is -2.38. The predicted octanol–water partition coefficient (Wildman–Crippen LogP) is 2.66. The summed E-state index contributed by atoms with van der Waals surface area (Å²) in [7, 11) is 1.75. The molecular weight excluding hydrogens is 393 g/mol. The largest absolute Gasteiger partial charge is 0.378 e. The quantitative estimate of drug-likeness (QED) is 0.611. The molecule has 1 aliphatic rings. The molecule has 29 heavy (non-hydrogen) atoms. The normalized spacial score (nSPS) is 14.4. The average molecular weight is 422 g/mol. The average Bonchev–Trinajstić information content (AvgIpc) is 3.10. The summed E-state index contributed by atoms with van der Waals surface area (Å²) in [6, 6.07) is 6.20. The van der Waals surface area contributed by atoms with E-state index < -0.39 is 0 Å². The second-order valence-corrected chi connectivity index (χ2v) is 8.49. The lowest BCUT2D eigenvalue weighted by Gasteiger charge is -2.28. The molecule has 0 unspecified atom stereocenters. The van der Waals surface area contributed by atoms with Gasteiger partial charge in [-0.3, -0.25) is 9.36 Å². The van der Waals surface area contributed by atoms with Crippen molar-refractivity contribution in [3.63, 3.8) is 0 Å². The number of thioether (sulfide) groups is 1. The van der Waals surface area contributed by atoms with E-state index in [4.69, 9.17) is 4.74 Å². The maximum Gasteiger partial charge on any atom is 0.233 e. The number of halogens is 1. The zero-order valence-corrected chi connectivity index (χ0v) is 18.0. The number of benzene rings is 1. The van der Waals surface area contributed by atoms with Gasteiger partial charge < -0.3 is 14.5 Å². The first-order valence-corrected chi connectivity index (χ1v) is 10.8. The van der Waals surface area contributed by atoms with Gasteiger partial charge in [0.2, 0.25) is 11.9 Å². The minimum atomic E-state index is -0.279. The molecule has 0 bridgehead atoms. The number of anilines is 1. The summed E-state index contributed by atoms with van der Waals surface area (Å²) in [6.45, 7) is 8.49. The highest BCUT2D eigenvalue weighted by atomic mass is 32.2. The fourth-order valence-electron chi connectivity index (χ4n) is 3.10. The second-order valence-electron chi connectivity index (χ2n) is 7.55. The third-order valence-electron chi connectivity index (χ3n) is 4.62. The highest BCUT2D eigenvalue weighted by Gasteiger charge is 2.22. The molecule has 2 heterocycles. The molecule has 0 radical (unpaired) electrons. The number of amides is 1. The number of ether oxygens (including phenoxy) is 1. The third-order valence-corrected chi connectivity index (χ3v) is 5.57. The smallest absolute Gasteiger partial charge is 0.233 e. The Bertz CT molecular complexity index is 806. The SMILES string of the molecule is CC(C)Cn1c(SCC(=O)N(C)Cc2ccc(F)cc2)nnc1N1CCOCC1. The standard InChI is InChI=1S/C20H28FN5O2S/c1-15(2)12-26-19(25-8-10-28-11-9-25)22-23-20(26)29-14-18(27)24(3)13-16-4-6-17(21)7-5-16/h4-7,15H,8-14H2,1-3H3. The number of carbonyl (C=O) groups is 1. The highest BCUT2D eigenvalue weighted by Crippen LogP contribution is 2.24. The van der Waals surface area contributed by atoms with Crippen molar-refractivity contribution in [2.75, 3.05) is 44.0 Å². The van der Waals surface area contributed by atoms with Gasteiger partial charge in [-0.1, -0.05) is 37.7 Å². The Hall–Kier alpha value is -2.13. The topological polar surface area (TPSA) is 63.5 Å². The van der Waals surface area contributed by atoms with Gasteiger partial charge in [0, 0.05) is 33.2 Å². The van der Waals surface area contributed by atoms with Crippen molar-refractivity contribution in [3.8, 4) is 0 Å². The van der Waals surface area contributed by atoms with Gasteiger partial charge in [-0.15, -0.1) is 10.2 Å². The molecule has 0 saturated carbocycles. The summed E-state index contributed by atoms with van der Waals surface area (Å²) < 4.78 is 20.6. The van der Waals surface area contributed by atoms with Crippen LogP contribution in [0, 0.1) is 11.7 Å². The van der Waals surface area contributed by atoms with Crippen LogP contribution in [0.4, 0.5) is 10.3 Å². The molecule has 1 aliphatic heterocycles. The van der Waals surface area contributed by atoms with E-state index in [1.54, 1.807) is 24.1 Å². The summed E-state index contributed by atoms with van der Waals surface area (Å²) in [5, 5.41) is 9.50. The summed E-state index contributed by atoms with van der Waals surface area (Å²) in [6.07, 6.45) is 0. The van der Waals surface area contributed by atoms with Crippen molar-refractivity contribution >= 4 is 23.6 Å². The summed E-state index contributed by atoms with van der Waals surface area (Å²) in [5.74, 6) is 1.26.